The Morgan fingerprint density at radius 3 is 2.52 bits per heavy atom. The van der Waals surface area contributed by atoms with E-state index >= 15 is 0 Å². The van der Waals surface area contributed by atoms with Crippen molar-refractivity contribution in [1.29, 1.82) is 0 Å². The number of rotatable bonds is 3. The Morgan fingerprint density at radius 1 is 1.30 bits per heavy atom. The predicted molar refractivity (Wildman–Crippen MR) is 90.1 cm³/mol. The lowest BCUT2D eigenvalue weighted by Crippen LogP contribution is -2.38. The monoisotopic (exact) mass is 336 g/mol. The molecule has 0 radical (unpaired) electrons. The van der Waals surface area contributed by atoms with Crippen molar-refractivity contribution in [3.63, 3.8) is 0 Å². The van der Waals surface area contributed by atoms with Crippen LogP contribution in [0.4, 0.5) is 5.69 Å². The Bertz CT molecular complexity index is 855. The van der Waals surface area contributed by atoms with Crippen LogP contribution >= 0.6 is 11.3 Å². The molecule has 0 fully saturated rings. The van der Waals surface area contributed by atoms with Gasteiger partial charge in [-0.05, 0) is 0 Å². The van der Waals surface area contributed by atoms with Gasteiger partial charge in [-0.25, -0.2) is 9.78 Å². The first-order valence-corrected chi connectivity index (χ1v) is 7.99. The molecule has 8 heteroatoms. The van der Waals surface area contributed by atoms with Crippen LogP contribution in [0.2, 0.25) is 0 Å². The Morgan fingerprint density at radius 2 is 1.96 bits per heavy atom. The van der Waals surface area contributed by atoms with Crippen molar-refractivity contribution in [3.8, 4) is 0 Å². The van der Waals surface area contributed by atoms with Crippen LogP contribution in [0.1, 0.15) is 31.5 Å². The number of aryl methyl sites for hydroxylation is 1. The molecule has 0 aliphatic rings. The minimum absolute atomic E-state index is 0.0625. The van der Waals surface area contributed by atoms with Crippen LogP contribution in [0.5, 0.6) is 0 Å². The number of nitrogens with one attached hydrogen (secondary N) is 1. The molecule has 0 unspecified atom stereocenters. The van der Waals surface area contributed by atoms with Gasteiger partial charge in [-0.1, -0.05) is 20.8 Å². The average Bonchev–Trinajstić information content (AvgIpc) is 2.91. The molecule has 7 nitrogen and oxygen atoms in total. The van der Waals surface area contributed by atoms with Crippen molar-refractivity contribution in [3.05, 3.63) is 43.1 Å². The lowest BCUT2D eigenvalue weighted by Gasteiger charge is -2.13. The predicted octanol–water partition coefficient (Wildman–Crippen LogP) is 1.02. The summed E-state index contributed by atoms with van der Waals surface area (Å²) in [6.07, 6.45) is 1.41. The van der Waals surface area contributed by atoms with E-state index in [0.717, 1.165) is 9.57 Å². The number of hydrogen-bond donors (Lipinski definition) is 1. The molecule has 0 saturated heterocycles. The Balaban J connectivity index is 2.16. The molecule has 124 valence electrons. The van der Waals surface area contributed by atoms with Crippen molar-refractivity contribution in [2.75, 3.05) is 5.32 Å². The molecule has 2 aromatic rings. The largest absolute Gasteiger partial charge is 0.330 e. The minimum atomic E-state index is -0.532. The molecule has 0 aliphatic carbocycles. The molecule has 2 aromatic heterocycles. The maximum absolute atomic E-state index is 12.1. The van der Waals surface area contributed by atoms with Crippen molar-refractivity contribution < 1.29 is 4.79 Å². The van der Waals surface area contributed by atoms with E-state index < -0.39 is 11.2 Å². The van der Waals surface area contributed by atoms with E-state index in [4.69, 9.17) is 0 Å². The van der Waals surface area contributed by atoms with Crippen molar-refractivity contribution >= 4 is 22.9 Å². The summed E-state index contributed by atoms with van der Waals surface area (Å²) in [5, 5.41) is 5.35. The molecule has 23 heavy (non-hydrogen) atoms. The fourth-order valence-corrected chi connectivity index (χ4v) is 2.89. The second-order valence-electron chi connectivity index (χ2n) is 6.42. The third-order valence-electron chi connectivity index (χ3n) is 3.26. The van der Waals surface area contributed by atoms with Gasteiger partial charge < -0.3 is 9.88 Å². The summed E-state index contributed by atoms with van der Waals surface area (Å²) in [7, 11) is 2.89. The van der Waals surface area contributed by atoms with Crippen LogP contribution in [0, 0.1) is 0 Å². The molecule has 0 aliphatic heterocycles. The first-order valence-electron chi connectivity index (χ1n) is 7.11. The quantitative estimate of drug-likeness (QED) is 0.907. The summed E-state index contributed by atoms with van der Waals surface area (Å²) >= 11 is 1.51. The van der Waals surface area contributed by atoms with Gasteiger partial charge in [-0.2, -0.15) is 0 Å². The van der Waals surface area contributed by atoms with Gasteiger partial charge in [0.1, 0.15) is 5.69 Å². The van der Waals surface area contributed by atoms with E-state index in [1.54, 1.807) is 0 Å². The van der Waals surface area contributed by atoms with Gasteiger partial charge in [-0.3, -0.25) is 14.2 Å². The first-order chi connectivity index (χ1) is 10.6. The second-order valence-corrected chi connectivity index (χ2v) is 7.28. The van der Waals surface area contributed by atoms with Gasteiger partial charge in [0.15, 0.2) is 0 Å². The maximum atomic E-state index is 12.1. The number of nitrogens with zero attached hydrogens (tertiary/aromatic N) is 3. The summed E-state index contributed by atoms with van der Waals surface area (Å²) in [4.78, 5) is 40.2. The van der Waals surface area contributed by atoms with Crippen molar-refractivity contribution in [2.24, 2.45) is 14.1 Å². The molecule has 2 rings (SSSR count). The fourth-order valence-electron chi connectivity index (χ4n) is 1.99. The SMILES string of the molecule is Cn1cc(NC(=O)Cc2csc(C(C)(C)C)n2)c(=O)n(C)c1=O. The van der Waals surface area contributed by atoms with Crippen LogP contribution in [0.25, 0.3) is 0 Å². The maximum Gasteiger partial charge on any atom is 0.330 e. The van der Waals surface area contributed by atoms with E-state index in [2.05, 4.69) is 31.1 Å². The fraction of sp³-hybridized carbons (Fsp3) is 0.467. The topological polar surface area (TPSA) is 86.0 Å². The van der Waals surface area contributed by atoms with Crippen LogP contribution in [-0.4, -0.2) is 20.0 Å². The summed E-state index contributed by atoms with van der Waals surface area (Å²) in [5.41, 5.74) is -0.296. The summed E-state index contributed by atoms with van der Waals surface area (Å²) in [5.74, 6) is -0.341. The molecule has 0 spiro atoms. The lowest BCUT2D eigenvalue weighted by molar-refractivity contribution is -0.115. The second kappa shape index (κ2) is 6.11. The molecule has 1 amide bonds. The molecule has 1 N–H and O–H groups in total. The van der Waals surface area contributed by atoms with Crippen LogP contribution in [-0.2, 0) is 30.7 Å². The highest BCUT2D eigenvalue weighted by Gasteiger charge is 2.19. The highest BCUT2D eigenvalue weighted by molar-refractivity contribution is 7.09. The number of thiazole rings is 1. The van der Waals surface area contributed by atoms with Crippen molar-refractivity contribution in [1.82, 2.24) is 14.1 Å². The van der Waals surface area contributed by atoms with Crippen molar-refractivity contribution in [2.45, 2.75) is 32.6 Å². The van der Waals surface area contributed by atoms with Crippen LogP contribution in [0.3, 0.4) is 0 Å². The minimum Gasteiger partial charge on any atom is -0.320 e. The number of hydrogen-bond acceptors (Lipinski definition) is 5. The van der Waals surface area contributed by atoms with Gasteiger partial charge in [0.2, 0.25) is 5.91 Å². The van der Waals surface area contributed by atoms with E-state index in [1.165, 1.54) is 36.2 Å². The highest BCUT2D eigenvalue weighted by Crippen LogP contribution is 2.25. The summed E-state index contributed by atoms with van der Waals surface area (Å²) in [6.45, 7) is 6.18. The lowest BCUT2D eigenvalue weighted by atomic mass is 9.98. The van der Waals surface area contributed by atoms with E-state index in [1.807, 2.05) is 5.38 Å². The third-order valence-corrected chi connectivity index (χ3v) is 4.57. The Kier molecular flexibility index (Phi) is 4.56. The van der Waals surface area contributed by atoms with Crippen LogP contribution < -0.4 is 16.6 Å². The average molecular weight is 336 g/mol. The number of aromatic nitrogens is 3. The number of anilines is 1. The standard InChI is InChI=1S/C15H20N4O3S/c1-15(2,3)13-16-9(8-23-13)6-11(20)17-10-7-18(4)14(22)19(5)12(10)21/h7-8H,6H2,1-5H3,(H,17,20). The molecule has 0 bridgehead atoms. The Labute approximate surface area is 137 Å². The van der Waals surface area contributed by atoms with E-state index in [9.17, 15) is 14.4 Å². The zero-order chi connectivity index (χ0) is 17.4. The van der Waals surface area contributed by atoms with Gasteiger partial charge in [-0.15, -0.1) is 11.3 Å². The molecule has 0 atom stereocenters. The molecular formula is C15H20N4O3S. The number of carbonyl (C=O) groups excluding carboxylic acids is 1. The zero-order valence-electron chi connectivity index (χ0n) is 13.8. The molecule has 0 aromatic carbocycles. The summed E-state index contributed by atoms with van der Waals surface area (Å²) in [6, 6.07) is 0. The highest BCUT2D eigenvalue weighted by atomic mass is 32.1. The third kappa shape index (κ3) is 3.76. The Hall–Kier alpha value is -2.22. The molecule has 2 heterocycles. The normalized spacial score (nSPS) is 11.5. The van der Waals surface area contributed by atoms with Gasteiger partial charge in [0.05, 0.1) is 17.1 Å². The number of amides is 1. The molecule has 0 saturated carbocycles. The van der Waals surface area contributed by atoms with E-state index in [-0.39, 0.29) is 23.4 Å². The number of carbonyl (C=O) groups is 1. The first kappa shape index (κ1) is 17.1. The van der Waals surface area contributed by atoms with Gasteiger partial charge in [0.25, 0.3) is 5.56 Å². The van der Waals surface area contributed by atoms with E-state index in [0.29, 0.717) is 5.69 Å². The zero-order valence-corrected chi connectivity index (χ0v) is 14.7. The van der Waals surface area contributed by atoms with Crippen LogP contribution in [0.15, 0.2) is 21.2 Å². The molecular weight excluding hydrogens is 316 g/mol. The van der Waals surface area contributed by atoms with Gasteiger partial charge >= 0.3 is 5.69 Å². The summed E-state index contributed by atoms with van der Waals surface area (Å²) < 4.78 is 2.20. The smallest absolute Gasteiger partial charge is 0.320 e. The van der Waals surface area contributed by atoms with Gasteiger partial charge in [0, 0.05) is 31.1 Å².